The Morgan fingerprint density at radius 1 is 1.12 bits per heavy atom. The summed E-state index contributed by atoms with van der Waals surface area (Å²) in [5.41, 5.74) is 4.71. The maximum absolute atomic E-state index is 13.9. The number of aliphatic hydroxyl groups excluding tert-OH is 1. The molecule has 1 heterocycles. The van der Waals surface area contributed by atoms with Gasteiger partial charge in [0.25, 0.3) is 5.91 Å². The van der Waals surface area contributed by atoms with Crippen molar-refractivity contribution in [1.82, 2.24) is 0 Å². The summed E-state index contributed by atoms with van der Waals surface area (Å²) in [7, 11) is 1.57. The van der Waals surface area contributed by atoms with Gasteiger partial charge in [0.05, 0.1) is 13.7 Å². The van der Waals surface area contributed by atoms with Crippen LogP contribution in [0.25, 0.3) is 0 Å². The Morgan fingerprint density at radius 3 is 2.61 bits per heavy atom. The van der Waals surface area contributed by atoms with Gasteiger partial charge in [0.1, 0.15) is 24.1 Å². The van der Waals surface area contributed by atoms with Gasteiger partial charge in [-0.15, -0.1) is 0 Å². The predicted molar refractivity (Wildman–Crippen MR) is 131 cm³/mol. The topological polar surface area (TPSA) is 71.0 Å². The molecule has 0 saturated heterocycles. The normalized spacial score (nSPS) is 13.4. The first-order valence-corrected chi connectivity index (χ1v) is 11.2. The number of benzene rings is 3. The van der Waals surface area contributed by atoms with Crippen LogP contribution >= 0.6 is 11.6 Å². The van der Waals surface area contributed by atoms with Gasteiger partial charge in [0, 0.05) is 41.1 Å². The third-order valence-corrected chi connectivity index (χ3v) is 5.89. The van der Waals surface area contributed by atoms with Crippen molar-refractivity contribution < 1.29 is 19.4 Å². The summed E-state index contributed by atoms with van der Waals surface area (Å²) in [5.74, 6) is 1.06. The van der Waals surface area contributed by atoms with Gasteiger partial charge in [-0.3, -0.25) is 4.79 Å². The molecule has 1 aliphatic heterocycles. The van der Waals surface area contributed by atoms with E-state index in [1.165, 1.54) is 5.56 Å². The quantitative estimate of drug-likeness (QED) is 0.500. The monoisotopic (exact) mass is 466 g/mol. The number of anilines is 2. The Hall–Kier alpha value is -3.22. The molecule has 1 amide bonds. The van der Waals surface area contributed by atoms with E-state index in [4.69, 9.17) is 26.2 Å². The molecular formula is C26H27ClN2O4. The van der Waals surface area contributed by atoms with Gasteiger partial charge in [-0.2, -0.15) is 0 Å². The molecule has 6 nitrogen and oxygen atoms in total. The smallest absolute Gasteiger partial charge is 0.254 e. The number of methoxy groups -OCH3 is 1. The van der Waals surface area contributed by atoms with Gasteiger partial charge in [-0.25, -0.2) is 0 Å². The Kier molecular flexibility index (Phi) is 7.06. The lowest BCUT2D eigenvalue weighted by Gasteiger charge is -2.26. The number of ether oxygens (including phenoxy) is 2. The maximum Gasteiger partial charge on any atom is 0.254 e. The SMILES string of the molecule is COc1cc(NC(C(=O)N2CCc3ccc(C)cc32)c2ccc(Cl)cc2)cc(OCCO)c1. The Bertz CT molecular complexity index is 1130. The summed E-state index contributed by atoms with van der Waals surface area (Å²) in [6.45, 7) is 2.72. The number of halogens is 1. The number of fused-ring (bicyclic) bond motifs is 1. The number of amides is 1. The largest absolute Gasteiger partial charge is 0.497 e. The fraction of sp³-hybridized carbons (Fsp3) is 0.269. The van der Waals surface area contributed by atoms with Gasteiger partial charge in [-0.05, 0) is 48.2 Å². The first kappa shape index (κ1) is 23.0. The number of rotatable bonds is 8. The van der Waals surface area contributed by atoms with E-state index in [-0.39, 0.29) is 19.1 Å². The second kappa shape index (κ2) is 10.1. The number of hydrogen-bond acceptors (Lipinski definition) is 5. The van der Waals surface area contributed by atoms with Gasteiger partial charge in [-0.1, -0.05) is 35.9 Å². The zero-order chi connectivity index (χ0) is 23.4. The predicted octanol–water partition coefficient (Wildman–Crippen LogP) is 4.77. The molecule has 0 bridgehead atoms. The van der Waals surface area contributed by atoms with Gasteiger partial charge >= 0.3 is 0 Å². The molecule has 172 valence electrons. The molecule has 3 aromatic carbocycles. The average Bonchev–Trinajstić information content (AvgIpc) is 3.24. The molecular weight excluding hydrogens is 440 g/mol. The second-order valence-electron chi connectivity index (χ2n) is 7.97. The molecule has 4 rings (SSSR count). The van der Waals surface area contributed by atoms with Crippen LogP contribution in [0.15, 0.2) is 60.7 Å². The van der Waals surface area contributed by atoms with Crippen LogP contribution in [0, 0.1) is 6.92 Å². The van der Waals surface area contributed by atoms with Crippen LogP contribution in [0.3, 0.4) is 0 Å². The summed E-state index contributed by atoms with van der Waals surface area (Å²) in [6, 6.07) is 18.2. The maximum atomic E-state index is 13.9. The molecule has 33 heavy (non-hydrogen) atoms. The van der Waals surface area contributed by atoms with Crippen LogP contribution < -0.4 is 19.7 Å². The van der Waals surface area contributed by atoms with Crippen LogP contribution in [0.5, 0.6) is 11.5 Å². The highest BCUT2D eigenvalue weighted by molar-refractivity contribution is 6.30. The molecule has 0 fully saturated rings. The van der Waals surface area contributed by atoms with Crippen LogP contribution in [0.2, 0.25) is 5.02 Å². The van der Waals surface area contributed by atoms with Crippen LogP contribution in [-0.2, 0) is 11.2 Å². The second-order valence-corrected chi connectivity index (χ2v) is 8.41. The van der Waals surface area contributed by atoms with Crippen LogP contribution in [0.4, 0.5) is 11.4 Å². The van der Waals surface area contributed by atoms with E-state index in [1.807, 2.05) is 30.0 Å². The summed E-state index contributed by atoms with van der Waals surface area (Å²) in [4.78, 5) is 15.7. The molecule has 0 aliphatic carbocycles. The summed E-state index contributed by atoms with van der Waals surface area (Å²) < 4.78 is 11.0. The van der Waals surface area contributed by atoms with E-state index in [0.29, 0.717) is 28.8 Å². The van der Waals surface area contributed by atoms with Crippen LogP contribution in [0.1, 0.15) is 22.7 Å². The molecule has 0 radical (unpaired) electrons. The van der Waals surface area contributed by atoms with E-state index in [0.717, 1.165) is 23.2 Å². The molecule has 0 spiro atoms. The zero-order valence-corrected chi connectivity index (χ0v) is 19.4. The fourth-order valence-electron chi connectivity index (χ4n) is 4.00. The standard InChI is InChI=1S/C26H27ClN2O4/c1-17-3-4-18-9-10-29(24(18)13-17)26(31)25(19-5-7-20(27)8-6-19)28-21-14-22(32-2)16-23(15-21)33-12-11-30/h3-8,13-16,25,28,30H,9-12H2,1-2H3. The van der Waals surface area contributed by atoms with Crippen molar-refractivity contribution >= 4 is 28.9 Å². The van der Waals surface area contributed by atoms with Crippen molar-refractivity contribution in [2.24, 2.45) is 0 Å². The third kappa shape index (κ3) is 5.24. The van der Waals surface area contributed by atoms with Crippen LogP contribution in [-0.4, -0.2) is 37.9 Å². The van der Waals surface area contributed by atoms with E-state index in [2.05, 4.69) is 23.5 Å². The van der Waals surface area contributed by atoms with E-state index in [9.17, 15) is 4.79 Å². The first-order chi connectivity index (χ1) is 16.0. The van der Waals surface area contributed by atoms with Crippen molar-refractivity contribution in [3.05, 3.63) is 82.4 Å². The molecule has 3 aromatic rings. The minimum absolute atomic E-state index is 0.0534. The third-order valence-electron chi connectivity index (χ3n) is 5.64. The minimum Gasteiger partial charge on any atom is -0.497 e. The lowest BCUT2D eigenvalue weighted by molar-refractivity contribution is -0.119. The summed E-state index contributed by atoms with van der Waals surface area (Å²) >= 11 is 6.11. The first-order valence-electron chi connectivity index (χ1n) is 10.8. The number of carbonyl (C=O) groups excluding carboxylic acids is 1. The summed E-state index contributed by atoms with van der Waals surface area (Å²) in [5, 5.41) is 13.1. The van der Waals surface area contributed by atoms with Crippen molar-refractivity contribution in [2.45, 2.75) is 19.4 Å². The Morgan fingerprint density at radius 2 is 1.88 bits per heavy atom. The zero-order valence-electron chi connectivity index (χ0n) is 18.7. The van der Waals surface area contributed by atoms with Gasteiger partial charge in [0.15, 0.2) is 0 Å². The molecule has 7 heteroatoms. The van der Waals surface area contributed by atoms with E-state index in [1.54, 1.807) is 31.4 Å². The number of aryl methyl sites for hydroxylation is 1. The number of carbonyl (C=O) groups is 1. The molecule has 2 N–H and O–H groups in total. The highest BCUT2D eigenvalue weighted by atomic mass is 35.5. The number of aliphatic hydroxyl groups is 1. The lowest BCUT2D eigenvalue weighted by Crippen LogP contribution is -2.37. The van der Waals surface area contributed by atoms with Gasteiger partial charge < -0.3 is 24.8 Å². The average molecular weight is 467 g/mol. The Balaban J connectivity index is 1.69. The molecule has 1 atom stereocenters. The van der Waals surface area contributed by atoms with Crippen molar-refractivity contribution in [3.63, 3.8) is 0 Å². The summed E-state index contributed by atoms with van der Waals surface area (Å²) in [6.07, 6.45) is 0.826. The lowest BCUT2D eigenvalue weighted by atomic mass is 10.0. The molecule has 1 aliphatic rings. The fourth-order valence-corrected chi connectivity index (χ4v) is 4.13. The Labute approximate surface area is 198 Å². The molecule has 1 unspecified atom stereocenters. The van der Waals surface area contributed by atoms with E-state index < -0.39 is 6.04 Å². The molecule has 0 saturated carbocycles. The highest BCUT2D eigenvalue weighted by Gasteiger charge is 2.31. The molecule has 0 aromatic heterocycles. The number of hydrogen-bond donors (Lipinski definition) is 2. The highest BCUT2D eigenvalue weighted by Crippen LogP contribution is 2.34. The van der Waals surface area contributed by atoms with Gasteiger partial charge in [0.2, 0.25) is 0 Å². The minimum atomic E-state index is -0.647. The van der Waals surface area contributed by atoms with E-state index >= 15 is 0 Å². The van der Waals surface area contributed by atoms with Crippen molar-refractivity contribution in [2.75, 3.05) is 37.1 Å². The van der Waals surface area contributed by atoms with Crippen molar-refractivity contribution in [1.29, 1.82) is 0 Å². The number of nitrogens with one attached hydrogen (secondary N) is 1. The van der Waals surface area contributed by atoms with Crippen molar-refractivity contribution in [3.8, 4) is 11.5 Å². The number of nitrogens with zero attached hydrogens (tertiary/aromatic N) is 1.